The van der Waals surface area contributed by atoms with Crippen molar-refractivity contribution in [3.63, 3.8) is 0 Å². The van der Waals surface area contributed by atoms with E-state index in [4.69, 9.17) is 10.6 Å². The molecule has 2 N–H and O–H groups in total. The number of carbonyl (C=O) groups excluding carboxylic acids is 1. The second kappa shape index (κ2) is 3.64. The molecular weight excluding hydrogens is 168 g/mol. The van der Waals surface area contributed by atoms with Gasteiger partial charge < -0.3 is 10.6 Å². The van der Waals surface area contributed by atoms with Gasteiger partial charge in [0.1, 0.15) is 0 Å². The maximum Gasteiger partial charge on any atom is 0.330 e. The highest BCUT2D eigenvalue weighted by Gasteiger charge is 2.33. The molecule has 0 aromatic rings. The molecule has 1 aliphatic rings. The van der Waals surface area contributed by atoms with Crippen molar-refractivity contribution in [2.75, 3.05) is 13.1 Å². The molecule has 1 fully saturated rings. The SMILES string of the molecule is CC(C)(C)C(=O)ON1CCC1CN. The van der Waals surface area contributed by atoms with E-state index >= 15 is 0 Å². The third kappa shape index (κ3) is 2.42. The minimum atomic E-state index is -0.436. The van der Waals surface area contributed by atoms with Gasteiger partial charge in [-0.25, -0.2) is 4.79 Å². The Morgan fingerprint density at radius 2 is 2.23 bits per heavy atom. The molecule has 1 unspecified atom stereocenters. The van der Waals surface area contributed by atoms with Gasteiger partial charge in [-0.1, -0.05) is 0 Å². The Bertz CT molecular complexity index is 196. The van der Waals surface area contributed by atoms with Gasteiger partial charge in [-0.15, -0.1) is 5.06 Å². The van der Waals surface area contributed by atoms with Crippen molar-refractivity contribution in [1.82, 2.24) is 5.06 Å². The van der Waals surface area contributed by atoms with Crippen LogP contribution < -0.4 is 5.73 Å². The Hall–Kier alpha value is -0.610. The summed E-state index contributed by atoms with van der Waals surface area (Å²) in [5.74, 6) is -0.189. The van der Waals surface area contributed by atoms with Crippen LogP contribution in [-0.2, 0) is 9.63 Å². The summed E-state index contributed by atoms with van der Waals surface area (Å²) in [5.41, 5.74) is 5.04. The first-order chi connectivity index (χ1) is 5.95. The van der Waals surface area contributed by atoms with E-state index in [-0.39, 0.29) is 12.0 Å². The highest BCUT2D eigenvalue weighted by molar-refractivity contribution is 5.75. The van der Waals surface area contributed by atoms with Crippen LogP contribution >= 0.6 is 0 Å². The van der Waals surface area contributed by atoms with Crippen LogP contribution in [0.4, 0.5) is 0 Å². The van der Waals surface area contributed by atoms with E-state index in [1.807, 2.05) is 20.8 Å². The molecule has 4 nitrogen and oxygen atoms in total. The van der Waals surface area contributed by atoms with Gasteiger partial charge in [0.2, 0.25) is 0 Å². The summed E-state index contributed by atoms with van der Waals surface area (Å²) in [6, 6.07) is 0.228. The molecule has 1 saturated heterocycles. The fourth-order valence-electron chi connectivity index (χ4n) is 1.02. The van der Waals surface area contributed by atoms with Crippen LogP contribution in [0.3, 0.4) is 0 Å². The first kappa shape index (κ1) is 10.5. The average Bonchev–Trinajstić information content (AvgIpc) is 1.96. The summed E-state index contributed by atoms with van der Waals surface area (Å²) in [5, 5.41) is 1.67. The van der Waals surface area contributed by atoms with Gasteiger partial charge in [0, 0.05) is 13.1 Å². The Balaban J connectivity index is 2.37. The number of hydrogen-bond donors (Lipinski definition) is 1. The van der Waals surface area contributed by atoms with Crippen molar-refractivity contribution >= 4 is 5.97 Å². The molecule has 1 rings (SSSR count). The van der Waals surface area contributed by atoms with E-state index in [2.05, 4.69) is 0 Å². The van der Waals surface area contributed by atoms with Crippen molar-refractivity contribution in [3.8, 4) is 0 Å². The number of hydroxylamine groups is 2. The van der Waals surface area contributed by atoms with Crippen LogP contribution in [0.15, 0.2) is 0 Å². The summed E-state index contributed by atoms with van der Waals surface area (Å²) >= 11 is 0. The van der Waals surface area contributed by atoms with Crippen molar-refractivity contribution in [3.05, 3.63) is 0 Å². The van der Waals surface area contributed by atoms with Gasteiger partial charge in [0.05, 0.1) is 11.5 Å². The van der Waals surface area contributed by atoms with Crippen LogP contribution in [0.1, 0.15) is 27.2 Å². The van der Waals surface area contributed by atoms with Crippen molar-refractivity contribution in [1.29, 1.82) is 0 Å². The van der Waals surface area contributed by atoms with Crippen molar-refractivity contribution < 1.29 is 9.63 Å². The first-order valence-electron chi connectivity index (χ1n) is 4.64. The van der Waals surface area contributed by atoms with Crippen LogP contribution in [-0.4, -0.2) is 30.2 Å². The highest BCUT2D eigenvalue weighted by atomic mass is 16.7. The van der Waals surface area contributed by atoms with E-state index in [1.165, 1.54) is 0 Å². The molecule has 0 aromatic carbocycles. The van der Waals surface area contributed by atoms with Crippen molar-refractivity contribution in [2.45, 2.75) is 33.2 Å². The lowest BCUT2D eigenvalue weighted by atomic mass is 9.97. The van der Waals surface area contributed by atoms with E-state index in [1.54, 1.807) is 5.06 Å². The van der Waals surface area contributed by atoms with E-state index < -0.39 is 5.41 Å². The Kier molecular flexibility index (Phi) is 2.93. The zero-order valence-electron chi connectivity index (χ0n) is 8.54. The fourth-order valence-corrected chi connectivity index (χ4v) is 1.02. The first-order valence-corrected chi connectivity index (χ1v) is 4.64. The molecule has 0 aliphatic carbocycles. The summed E-state index contributed by atoms with van der Waals surface area (Å²) in [6.07, 6.45) is 1.02. The third-order valence-corrected chi connectivity index (χ3v) is 2.17. The second-order valence-electron chi connectivity index (χ2n) is 4.45. The van der Waals surface area contributed by atoms with Gasteiger partial charge in [0.25, 0.3) is 0 Å². The second-order valence-corrected chi connectivity index (χ2v) is 4.45. The molecule has 0 radical (unpaired) electrons. The quantitative estimate of drug-likeness (QED) is 0.683. The van der Waals surface area contributed by atoms with Gasteiger partial charge >= 0.3 is 5.97 Å². The predicted octanol–water partition coefficient (Wildman–Crippen LogP) is 0.524. The molecule has 4 heteroatoms. The lowest BCUT2D eigenvalue weighted by Gasteiger charge is -2.39. The summed E-state index contributed by atoms with van der Waals surface area (Å²) in [7, 11) is 0. The van der Waals surface area contributed by atoms with Gasteiger partial charge in [-0.3, -0.25) is 0 Å². The van der Waals surface area contributed by atoms with Crippen LogP contribution in [0.5, 0.6) is 0 Å². The molecule has 13 heavy (non-hydrogen) atoms. The maximum absolute atomic E-state index is 11.4. The normalized spacial score (nSPS) is 23.8. The van der Waals surface area contributed by atoms with E-state index in [0.29, 0.717) is 6.54 Å². The molecule has 0 aromatic heterocycles. The maximum atomic E-state index is 11.4. The molecule has 1 atom stereocenters. The van der Waals surface area contributed by atoms with Crippen molar-refractivity contribution in [2.24, 2.45) is 11.1 Å². The molecule has 1 aliphatic heterocycles. The largest absolute Gasteiger partial charge is 0.367 e. The van der Waals surface area contributed by atoms with Crippen LogP contribution in [0, 0.1) is 5.41 Å². The lowest BCUT2D eigenvalue weighted by molar-refractivity contribution is -0.234. The van der Waals surface area contributed by atoms with E-state index in [0.717, 1.165) is 13.0 Å². The standard InChI is InChI=1S/C9H18N2O2/c1-9(2,3)8(12)13-11-5-4-7(11)6-10/h7H,4-6,10H2,1-3H3. The monoisotopic (exact) mass is 186 g/mol. The zero-order chi connectivity index (χ0) is 10.1. The topological polar surface area (TPSA) is 55.6 Å². The highest BCUT2D eigenvalue weighted by Crippen LogP contribution is 2.21. The Morgan fingerprint density at radius 1 is 1.62 bits per heavy atom. The van der Waals surface area contributed by atoms with Gasteiger partial charge in [-0.05, 0) is 27.2 Å². The summed E-state index contributed by atoms with van der Waals surface area (Å²) in [6.45, 7) is 6.88. The number of nitrogens with two attached hydrogens (primary N) is 1. The van der Waals surface area contributed by atoms with Crippen LogP contribution in [0.25, 0.3) is 0 Å². The molecule has 1 heterocycles. The molecule has 76 valence electrons. The number of rotatable bonds is 2. The van der Waals surface area contributed by atoms with Gasteiger partial charge in [0.15, 0.2) is 0 Å². The molecular formula is C9H18N2O2. The smallest absolute Gasteiger partial charge is 0.330 e. The summed E-state index contributed by atoms with van der Waals surface area (Å²) < 4.78 is 0. The third-order valence-electron chi connectivity index (χ3n) is 2.17. The van der Waals surface area contributed by atoms with Crippen LogP contribution in [0.2, 0.25) is 0 Å². The molecule has 0 bridgehead atoms. The number of hydrogen-bond acceptors (Lipinski definition) is 4. The number of carbonyl (C=O) groups is 1. The molecule has 0 amide bonds. The molecule has 0 saturated carbocycles. The average molecular weight is 186 g/mol. The molecule has 0 spiro atoms. The summed E-state index contributed by atoms with van der Waals surface area (Å²) in [4.78, 5) is 16.6. The lowest BCUT2D eigenvalue weighted by Crippen LogP contribution is -2.53. The minimum Gasteiger partial charge on any atom is -0.367 e. The predicted molar refractivity (Wildman–Crippen MR) is 49.7 cm³/mol. The van der Waals surface area contributed by atoms with Gasteiger partial charge in [-0.2, -0.15) is 0 Å². The Labute approximate surface area is 79.0 Å². The number of nitrogens with zero attached hydrogens (tertiary/aromatic N) is 1. The zero-order valence-corrected chi connectivity index (χ0v) is 8.54. The Morgan fingerprint density at radius 3 is 2.54 bits per heavy atom. The fraction of sp³-hybridized carbons (Fsp3) is 0.889. The minimum absolute atomic E-state index is 0.189. The van der Waals surface area contributed by atoms with E-state index in [9.17, 15) is 4.79 Å².